The molecule has 0 aromatic rings. The minimum atomic E-state index is -0.567. The lowest BCUT2D eigenvalue weighted by Crippen LogP contribution is -2.29. The van der Waals surface area contributed by atoms with Crippen molar-refractivity contribution < 1.29 is 19.4 Å². The van der Waals surface area contributed by atoms with Gasteiger partial charge in [-0.3, -0.25) is 9.59 Å². The second-order valence-electron chi connectivity index (χ2n) is 5.53. The van der Waals surface area contributed by atoms with Crippen molar-refractivity contribution in [3.63, 3.8) is 0 Å². The summed E-state index contributed by atoms with van der Waals surface area (Å²) < 4.78 is 4.79. The van der Waals surface area contributed by atoms with Gasteiger partial charge in [0.25, 0.3) is 0 Å². The summed E-state index contributed by atoms with van der Waals surface area (Å²) in [5.74, 6) is 0.00213. The number of Topliss-reactive ketones (excluding diaryl/α,β-unsaturated/α-hetero) is 1. The highest BCUT2D eigenvalue weighted by molar-refractivity contribution is 6.06. The second kappa shape index (κ2) is 6.85. The van der Waals surface area contributed by atoms with Gasteiger partial charge in [0, 0.05) is 0 Å². The van der Waals surface area contributed by atoms with Crippen LogP contribution in [0.1, 0.15) is 47.0 Å². The van der Waals surface area contributed by atoms with Crippen LogP contribution in [0.5, 0.6) is 0 Å². The molecule has 1 aliphatic rings. The third kappa shape index (κ3) is 4.16. The quantitative estimate of drug-likeness (QED) is 0.613. The van der Waals surface area contributed by atoms with Crippen molar-refractivity contribution in [3.05, 3.63) is 11.1 Å². The molecule has 0 saturated heterocycles. The van der Waals surface area contributed by atoms with Crippen molar-refractivity contribution in [2.24, 2.45) is 11.8 Å². The summed E-state index contributed by atoms with van der Waals surface area (Å²) in [6.07, 6.45) is 0.554. The zero-order valence-corrected chi connectivity index (χ0v) is 12.2. The summed E-state index contributed by atoms with van der Waals surface area (Å²) in [5.41, 5.74) is 1.33. The van der Waals surface area contributed by atoms with Gasteiger partial charge in [-0.25, -0.2) is 0 Å². The Hall–Kier alpha value is -1.16. The Morgan fingerprint density at radius 3 is 2.58 bits per heavy atom. The molecule has 0 radical (unpaired) electrons. The molecule has 0 heterocycles. The number of ether oxygens (including phenoxy) is 1. The molecule has 0 amide bonds. The Kier molecular flexibility index (Phi) is 5.73. The molecule has 1 aliphatic carbocycles. The van der Waals surface area contributed by atoms with Crippen LogP contribution in [0.15, 0.2) is 11.1 Å². The summed E-state index contributed by atoms with van der Waals surface area (Å²) in [6.45, 7) is 7.95. The van der Waals surface area contributed by atoms with E-state index in [2.05, 4.69) is 13.8 Å². The molecule has 0 aromatic carbocycles. The lowest BCUT2D eigenvalue weighted by molar-refractivity contribution is -0.145. The number of carbonyl (C=O) groups is 2. The van der Waals surface area contributed by atoms with Crippen molar-refractivity contribution in [1.82, 2.24) is 0 Å². The summed E-state index contributed by atoms with van der Waals surface area (Å²) in [4.78, 5) is 23.5. The van der Waals surface area contributed by atoms with Gasteiger partial charge in [-0.05, 0) is 49.7 Å². The summed E-state index contributed by atoms with van der Waals surface area (Å²) in [7, 11) is 0. The van der Waals surface area contributed by atoms with Crippen LogP contribution in [0.2, 0.25) is 0 Å². The second-order valence-corrected chi connectivity index (χ2v) is 5.53. The van der Waals surface area contributed by atoms with Crippen LogP contribution >= 0.6 is 0 Å². The molecular formula is C15H24O4. The number of rotatable bonds is 5. The maximum Gasteiger partial charge on any atom is 0.313 e. The molecule has 2 unspecified atom stereocenters. The molecule has 0 bridgehead atoms. The van der Waals surface area contributed by atoms with Crippen LogP contribution in [-0.4, -0.2) is 29.6 Å². The van der Waals surface area contributed by atoms with E-state index in [9.17, 15) is 14.7 Å². The van der Waals surface area contributed by atoms with Crippen LogP contribution in [0.4, 0.5) is 0 Å². The Bertz CT molecular complexity index is 382. The predicted molar refractivity (Wildman–Crippen MR) is 72.5 cm³/mol. The number of esters is 1. The molecule has 0 spiro atoms. The van der Waals surface area contributed by atoms with E-state index in [1.165, 1.54) is 0 Å². The van der Waals surface area contributed by atoms with E-state index in [-0.39, 0.29) is 18.8 Å². The molecule has 0 aliphatic heterocycles. The fraction of sp³-hybridized carbons (Fsp3) is 0.733. The maximum absolute atomic E-state index is 12.1. The molecule has 4 nitrogen and oxygen atoms in total. The van der Waals surface area contributed by atoms with Gasteiger partial charge in [0.1, 0.15) is 6.42 Å². The van der Waals surface area contributed by atoms with Gasteiger partial charge in [-0.1, -0.05) is 13.8 Å². The lowest BCUT2D eigenvalue weighted by Gasteiger charge is -2.31. The summed E-state index contributed by atoms with van der Waals surface area (Å²) in [6, 6.07) is 0. The SMILES string of the molecule is CCOC(=O)CC(=O)C1=C(C)C(O)CC(C(C)C)C1. The van der Waals surface area contributed by atoms with E-state index in [1.54, 1.807) is 13.8 Å². The first-order chi connectivity index (χ1) is 8.86. The summed E-state index contributed by atoms with van der Waals surface area (Å²) in [5, 5.41) is 10.0. The van der Waals surface area contributed by atoms with E-state index in [0.717, 1.165) is 0 Å². The van der Waals surface area contributed by atoms with Crippen molar-refractivity contribution in [2.75, 3.05) is 6.61 Å². The van der Waals surface area contributed by atoms with E-state index >= 15 is 0 Å². The van der Waals surface area contributed by atoms with Crippen LogP contribution in [0.3, 0.4) is 0 Å². The third-order valence-corrected chi connectivity index (χ3v) is 3.86. The van der Waals surface area contributed by atoms with Gasteiger partial charge in [0.05, 0.1) is 12.7 Å². The van der Waals surface area contributed by atoms with Crippen molar-refractivity contribution in [1.29, 1.82) is 0 Å². The topological polar surface area (TPSA) is 63.6 Å². The zero-order chi connectivity index (χ0) is 14.6. The van der Waals surface area contributed by atoms with Crippen LogP contribution in [-0.2, 0) is 14.3 Å². The predicted octanol–water partition coefficient (Wildman–Crippen LogP) is 2.25. The number of hydrogen-bond acceptors (Lipinski definition) is 4. The Morgan fingerprint density at radius 2 is 2.05 bits per heavy atom. The molecular weight excluding hydrogens is 244 g/mol. The molecule has 1 N–H and O–H groups in total. The van der Waals surface area contributed by atoms with E-state index in [1.807, 2.05) is 0 Å². The number of carbonyl (C=O) groups excluding carboxylic acids is 2. The lowest BCUT2D eigenvalue weighted by atomic mass is 9.76. The number of aliphatic hydroxyl groups excluding tert-OH is 1. The average molecular weight is 268 g/mol. The first kappa shape index (κ1) is 15.9. The standard InChI is InChI=1S/C15H24O4/c1-5-19-15(18)8-14(17)12-6-11(9(2)3)7-13(16)10(12)4/h9,11,13,16H,5-8H2,1-4H3. The Morgan fingerprint density at radius 1 is 1.42 bits per heavy atom. The molecule has 19 heavy (non-hydrogen) atoms. The number of allylic oxidation sites excluding steroid dienone is 1. The first-order valence-corrected chi connectivity index (χ1v) is 6.93. The number of aliphatic hydroxyl groups is 1. The highest BCUT2D eigenvalue weighted by Crippen LogP contribution is 2.34. The van der Waals surface area contributed by atoms with Crippen LogP contribution in [0, 0.1) is 11.8 Å². The van der Waals surface area contributed by atoms with E-state index in [0.29, 0.717) is 35.8 Å². The monoisotopic (exact) mass is 268 g/mol. The smallest absolute Gasteiger partial charge is 0.313 e. The van der Waals surface area contributed by atoms with Gasteiger partial charge in [-0.15, -0.1) is 0 Å². The highest BCUT2D eigenvalue weighted by Gasteiger charge is 2.31. The average Bonchev–Trinajstić information content (AvgIpc) is 2.32. The minimum Gasteiger partial charge on any atom is -0.466 e. The van der Waals surface area contributed by atoms with Gasteiger partial charge < -0.3 is 9.84 Å². The zero-order valence-electron chi connectivity index (χ0n) is 12.2. The fourth-order valence-electron chi connectivity index (χ4n) is 2.46. The highest BCUT2D eigenvalue weighted by atomic mass is 16.5. The van der Waals surface area contributed by atoms with Crippen molar-refractivity contribution >= 4 is 11.8 Å². The molecule has 2 atom stereocenters. The normalized spacial score (nSPS) is 23.7. The van der Waals surface area contributed by atoms with Crippen LogP contribution < -0.4 is 0 Å². The van der Waals surface area contributed by atoms with E-state index < -0.39 is 12.1 Å². The third-order valence-electron chi connectivity index (χ3n) is 3.86. The minimum absolute atomic E-state index is 0.208. The Labute approximate surface area is 114 Å². The summed E-state index contributed by atoms with van der Waals surface area (Å²) >= 11 is 0. The Balaban J connectivity index is 2.81. The van der Waals surface area contributed by atoms with Gasteiger partial charge >= 0.3 is 5.97 Å². The number of hydrogen-bond donors (Lipinski definition) is 1. The molecule has 108 valence electrons. The molecule has 0 fully saturated rings. The molecule has 1 rings (SSSR count). The molecule has 4 heteroatoms. The van der Waals surface area contributed by atoms with Gasteiger partial charge in [0.15, 0.2) is 5.78 Å². The fourth-order valence-corrected chi connectivity index (χ4v) is 2.46. The largest absolute Gasteiger partial charge is 0.466 e. The first-order valence-electron chi connectivity index (χ1n) is 6.93. The number of ketones is 1. The molecule has 0 aromatic heterocycles. The van der Waals surface area contributed by atoms with E-state index in [4.69, 9.17) is 4.74 Å². The maximum atomic E-state index is 12.1. The van der Waals surface area contributed by atoms with Gasteiger partial charge in [-0.2, -0.15) is 0 Å². The molecule has 0 saturated carbocycles. The van der Waals surface area contributed by atoms with Crippen LogP contribution in [0.25, 0.3) is 0 Å². The van der Waals surface area contributed by atoms with Crippen molar-refractivity contribution in [2.45, 2.75) is 53.1 Å². The van der Waals surface area contributed by atoms with Crippen molar-refractivity contribution in [3.8, 4) is 0 Å². The van der Waals surface area contributed by atoms with Gasteiger partial charge in [0.2, 0.25) is 0 Å².